The highest BCUT2D eigenvalue weighted by molar-refractivity contribution is 5.29. The average Bonchev–Trinajstić information content (AvgIpc) is 3.19. The largest absolute Gasteiger partial charge is 0.375 e. The molecular weight excluding hydrogens is 262 g/mol. The maximum atomic E-state index is 6.11. The molecule has 118 valence electrons. The van der Waals surface area contributed by atoms with Crippen molar-refractivity contribution in [2.75, 3.05) is 11.9 Å². The molecule has 1 saturated carbocycles. The molecule has 1 unspecified atom stereocenters. The second-order valence-electron chi connectivity index (χ2n) is 6.67. The lowest BCUT2D eigenvalue weighted by Crippen LogP contribution is -2.39. The van der Waals surface area contributed by atoms with Gasteiger partial charge in [-0.05, 0) is 38.5 Å². The lowest BCUT2D eigenvalue weighted by molar-refractivity contribution is -0.0984. The van der Waals surface area contributed by atoms with Gasteiger partial charge in [0.1, 0.15) is 0 Å². The molecule has 4 heteroatoms. The molecule has 2 aliphatic rings. The van der Waals surface area contributed by atoms with E-state index in [0.717, 1.165) is 38.2 Å². The van der Waals surface area contributed by atoms with E-state index in [0.29, 0.717) is 12.1 Å². The quantitative estimate of drug-likeness (QED) is 0.886. The third kappa shape index (κ3) is 3.10. The van der Waals surface area contributed by atoms with E-state index in [2.05, 4.69) is 34.9 Å². The van der Waals surface area contributed by atoms with Gasteiger partial charge >= 0.3 is 0 Å². The number of rotatable bonds is 5. The molecule has 21 heavy (non-hydrogen) atoms. The van der Waals surface area contributed by atoms with Crippen molar-refractivity contribution in [2.45, 2.75) is 82.9 Å². The number of ether oxygens (including phenoxy) is 1. The molecule has 0 bridgehead atoms. The molecule has 1 aromatic rings. The van der Waals surface area contributed by atoms with Gasteiger partial charge in [-0.15, -0.1) is 0 Å². The highest BCUT2D eigenvalue weighted by Crippen LogP contribution is 2.38. The molecule has 3 rings (SSSR count). The third-order valence-electron chi connectivity index (χ3n) is 5.51. The average molecular weight is 291 g/mol. The number of aromatic nitrogens is 2. The summed E-state index contributed by atoms with van der Waals surface area (Å²) < 4.78 is 8.47. The van der Waals surface area contributed by atoms with Crippen LogP contribution in [-0.2, 0) is 4.74 Å². The van der Waals surface area contributed by atoms with Crippen molar-refractivity contribution >= 4 is 5.95 Å². The summed E-state index contributed by atoms with van der Waals surface area (Å²) in [6, 6.07) is 1.14. The fourth-order valence-electron chi connectivity index (χ4n) is 3.95. The summed E-state index contributed by atoms with van der Waals surface area (Å²) in [6.07, 6.45) is 13.8. The second kappa shape index (κ2) is 6.39. The van der Waals surface area contributed by atoms with Crippen LogP contribution >= 0.6 is 0 Å². The zero-order valence-electron chi connectivity index (χ0n) is 13.5. The van der Waals surface area contributed by atoms with Crippen molar-refractivity contribution in [3.8, 4) is 0 Å². The first-order valence-corrected chi connectivity index (χ1v) is 8.69. The summed E-state index contributed by atoms with van der Waals surface area (Å²) in [5.74, 6) is 1.06. The Morgan fingerprint density at radius 2 is 2.05 bits per heavy atom. The Kier molecular flexibility index (Phi) is 4.53. The van der Waals surface area contributed by atoms with Crippen LogP contribution in [0.25, 0.3) is 0 Å². The maximum Gasteiger partial charge on any atom is 0.203 e. The first-order chi connectivity index (χ1) is 10.3. The van der Waals surface area contributed by atoms with E-state index in [1.807, 2.05) is 6.20 Å². The predicted octanol–water partition coefficient (Wildman–Crippen LogP) is 4.15. The lowest BCUT2D eigenvalue weighted by atomic mass is 9.86. The molecule has 1 N–H and O–H groups in total. The molecule has 4 nitrogen and oxygen atoms in total. The van der Waals surface area contributed by atoms with Gasteiger partial charge in [-0.1, -0.05) is 26.7 Å². The second-order valence-corrected chi connectivity index (χ2v) is 6.67. The number of imidazole rings is 1. The van der Waals surface area contributed by atoms with E-state index >= 15 is 0 Å². The summed E-state index contributed by atoms with van der Waals surface area (Å²) in [6.45, 7) is 5.36. The van der Waals surface area contributed by atoms with Crippen LogP contribution < -0.4 is 5.32 Å². The maximum absolute atomic E-state index is 6.11. The van der Waals surface area contributed by atoms with Crippen molar-refractivity contribution in [2.24, 2.45) is 0 Å². The van der Waals surface area contributed by atoms with Gasteiger partial charge in [0.05, 0.1) is 5.60 Å². The van der Waals surface area contributed by atoms with Crippen LogP contribution in [0.4, 0.5) is 5.95 Å². The van der Waals surface area contributed by atoms with Crippen LogP contribution in [-0.4, -0.2) is 27.8 Å². The summed E-state index contributed by atoms with van der Waals surface area (Å²) >= 11 is 0. The molecule has 2 fully saturated rings. The molecule has 2 heterocycles. The SMILES string of the molecule is CCC1(CC)CC(n2ccnc2NC2CCCC2)CCO1. The van der Waals surface area contributed by atoms with Crippen molar-refractivity contribution < 1.29 is 4.74 Å². The zero-order valence-corrected chi connectivity index (χ0v) is 13.5. The van der Waals surface area contributed by atoms with E-state index in [1.54, 1.807) is 0 Å². The molecule has 1 aromatic heterocycles. The van der Waals surface area contributed by atoms with E-state index in [9.17, 15) is 0 Å². The fourth-order valence-corrected chi connectivity index (χ4v) is 3.95. The van der Waals surface area contributed by atoms with Crippen LogP contribution in [0.1, 0.15) is 71.3 Å². The molecule has 0 radical (unpaired) electrons. The van der Waals surface area contributed by atoms with Crippen LogP contribution in [0.2, 0.25) is 0 Å². The highest BCUT2D eigenvalue weighted by Gasteiger charge is 2.35. The molecule has 0 aromatic carbocycles. The Morgan fingerprint density at radius 1 is 1.29 bits per heavy atom. The van der Waals surface area contributed by atoms with Gasteiger partial charge < -0.3 is 14.6 Å². The number of nitrogens with zero attached hydrogens (tertiary/aromatic N) is 2. The molecule has 0 amide bonds. The first kappa shape index (κ1) is 14.9. The van der Waals surface area contributed by atoms with Gasteiger partial charge in [-0.25, -0.2) is 4.98 Å². The van der Waals surface area contributed by atoms with Gasteiger partial charge in [0.25, 0.3) is 0 Å². The summed E-state index contributed by atoms with van der Waals surface area (Å²) in [4.78, 5) is 4.57. The number of nitrogens with one attached hydrogen (secondary N) is 1. The number of anilines is 1. The summed E-state index contributed by atoms with van der Waals surface area (Å²) in [7, 11) is 0. The Morgan fingerprint density at radius 3 is 2.76 bits per heavy atom. The van der Waals surface area contributed by atoms with Gasteiger partial charge in [-0.3, -0.25) is 0 Å². The number of hydrogen-bond donors (Lipinski definition) is 1. The minimum atomic E-state index is 0.0673. The van der Waals surface area contributed by atoms with Crippen molar-refractivity contribution in [1.82, 2.24) is 9.55 Å². The molecule has 1 saturated heterocycles. The van der Waals surface area contributed by atoms with Crippen molar-refractivity contribution in [1.29, 1.82) is 0 Å². The Hall–Kier alpha value is -1.03. The standard InChI is InChI=1S/C17H29N3O/c1-3-17(4-2)13-15(9-12-21-17)20-11-10-18-16(20)19-14-7-5-6-8-14/h10-11,14-15H,3-9,12-13H2,1-2H3,(H,18,19). The van der Waals surface area contributed by atoms with Crippen LogP contribution in [0, 0.1) is 0 Å². The summed E-state index contributed by atoms with van der Waals surface area (Å²) in [5, 5.41) is 3.66. The van der Waals surface area contributed by atoms with Crippen LogP contribution in [0.15, 0.2) is 12.4 Å². The molecule has 1 aliphatic carbocycles. The molecular formula is C17H29N3O. The predicted molar refractivity (Wildman–Crippen MR) is 85.6 cm³/mol. The topological polar surface area (TPSA) is 39.1 Å². The Bertz CT molecular complexity index is 447. The Labute approximate surface area is 128 Å². The van der Waals surface area contributed by atoms with E-state index in [4.69, 9.17) is 4.74 Å². The third-order valence-corrected chi connectivity index (χ3v) is 5.51. The van der Waals surface area contributed by atoms with Gasteiger partial charge in [0, 0.05) is 31.1 Å². The highest BCUT2D eigenvalue weighted by atomic mass is 16.5. The zero-order chi connectivity index (χ0) is 14.7. The van der Waals surface area contributed by atoms with E-state index in [1.165, 1.54) is 25.7 Å². The van der Waals surface area contributed by atoms with E-state index in [-0.39, 0.29) is 5.60 Å². The van der Waals surface area contributed by atoms with Gasteiger partial charge in [0.15, 0.2) is 0 Å². The van der Waals surface area contributed by atoms with E-state index < -0.39 is 0 Å². The minimum Gasteiger partial charge on any atom is -0.375 e. The molecule has 1 aliphatic heterocycles. The monoisotopic (exact) mass is 291 g/mol. The normalized spacial score (nSPS) is 26.1. The number of hydrogen-bond acceptors (Lipinski definition) is 3. The summed E-state index contributed by atoms with van der Waals surface area (Å²) in [5.41, 5.74) is 0.0673. The lowest BCUT2D eigenvalue weighted by Gasteiger charge is -2.40. The van der Waals surface area contributed by atoms with Crippen LogP contribution in [0.5, 0.6) is 0 Å². The fraction of sp³-hybridized carbons (Fsp3) is 0.824. The smallest absolute Gasteiger partial charge is 0.203 e. The van der Waals surface area contributed by atoms with Crippen molar-refractivity contribution in [3.05, 3.63) is 12.4 Å². The van der Waals surface area contributed by atoms with Crippen molar-refractivity contribution in [3.63, 3.8) is 0 Å². The minimum absolute atomic E-state index is 0.0673. The molecule has 0 spiro atoms. The Balaban J connectivity index is 1.72. The van der Waals surface area contributed by atoms with Gasteiger partial charge in [-0.2, -0.15) is 0 Å². The molecule has 1 atom stereocenters. The van der Waals surface area contributed by atoms with Crippen LogP contribution in [0.3, 0.4) is 0 Å². The first-order valence-electron chi connectivity index (χ1n) is 8.69. The van der Waals surface area contributed by atoms with Gasteiger partial charge in [0.2, 0.25) is 5.95 Å².